The average molecular weight is 565 g/mol. The molecule has 1 N–H and O–H groups in total. The summed E-state index contributed by atoms with van der Waals surface area (Å²) in [4.78, 5) is 33.6. The number of amides is 2. The van der Waals surface area contributed by atoms with E-state index in [9.17, 15) is 9.59 Å². The molecule has 0 aliphatic carbocycles. The number of urea groups is 1. The third kappa shape index (κ3) is 4.91. The molecule has 0 saturated heterocycles. The van der Waals surface area contributed by atoms with E-state index in [0.717, 1.165) is 16.8 Å². The molecule has 0 radical (unpaired) electrons. The van der Waals surface area contributed by atoms with Crippen LogP contribution in [0.25, 0.3) is 16.6 Å². The molecule has 3 aromatic carbocycles. The Morgan fingerprint density at radius 3 is 2.38 bits per heavy atom. The molecule has 37 heavy (non-hydrogen) atoms. The van der Waals surface area contributed by atoms with Gasteiger partial charge in [-0.15, -0.1) is 0 Å². The van der Waals surface area contributed by atoms with Crippen LogP contribution in [0.5, 0.6) is 11.5 Å². The summed E-state index contributed by atoms with van der Waals surface area (Å²) in [6.45, 7) is 5.73. The van der Waals surface area contributed by atoms with Crippen molar-refractivity contribution in [2.75, 3.05) is 26.6 Å². The normalized spacial score (nSPS) is 11.8. The molecule has 0 spiro atoms. The van der Waals surface area contributed by atoms with Crippen molar-refractivity contribution < 1.29 is 14.3 Å². The van der Waals surface area contributed by atoms with Crippen molar-refractivity contribution in [2.24, 2.45) is 0 Å². The van der Waals surface area contributed by atoms with E-state index in [1.807, 2.05) is 45.0 Å². The van der Waals surface area contributed by atoms with E-state index in [1.54, 1.807) is 51.6 Å². The van der Waals surface area contributed by atoms with Crippen molar-refractivity contribution in [2.45, 2.75) is 26.8 Å². The lowest BCUT2D eigenvalue weighted by molar-refractivity contribution is 0.205. The number of carbonyl (C=O) groups is 1. The molecular weight excluding hydrogens is 536 g/mol. The lowest BCUT2D eigenvalue weighted by Crippen LogP contribution is -2.37. The summed E-state index contributed by atoms with van der Waals surface area (Å²) in [7, 11) is 4.77. The van der Waals surface area contributed by atoms with Crippen LogP contribution in [0.15, 0.2) is 63.9 Å². The molecule has 1 atom stereocenters. The van der Waals surface area contributed by atoms with Gasteiger partial charge in [0, 0.05) is 24.9 Å². The van der Waals surface area contributed by atoms with Crippen LogP contribution in [-0.2, 0) is 0 Å². The molecule has 0 fully saturated rings. The number of aromatic nitrogens is 2. The monoisotopic (exact) mass is 564 g/mol. The Morgan fingerprint density at radius 1 is 1.05 bits per heavy atom. The molecule has 9 heteroatoms. The number of hydrogen-bond acceptors (Lipinski definition) is 5. The van der Waals surface area contributed by atoms with Crippen molar-refractivity contribution in [3.05, 3.63) is 86.4 Å². The maximum Gasteiger partial charge on any atom is 0.322 e. The van der Waals surface area contributed by atoms with Crippen LogP contribution in [0.3, 0.4) is 0 Å². The van der Waals surface area contributed by atoms with Gasteiger partial charge in [-0.05, 0) is 60.0 Å². The maximum absolute atomic E-state index is 13.9. The largest absolute Gasteiger partial charge is 0.497 e. The number of nitrogens with zero attached hydrogens (tertiary/aromatic N) is 3. The van der Waals surface area contributed by atoms with Gasteiger partial charge in [0.15, 0.2) is 0 Å². The van der Waals surface area contributed by atoms with Crippen LogP contribution < -0.4 is 20.3 Å². The van der Waals surface area contributed by atoms with Crippen LogP contribution in [0.1, 0.15) is 29.9 Å². The second-order valence-corrected chi connectivity index (χ2v) is 9.57. The van der Waals surface area contributed by atoms with Gasteiger partial charge in [-0.25, -0.2) is 9.78 Å². The fourth-order valence-electron chi connectivity index (χ4n) is 4.21. The van der Waals surface area contributed by atoms with Crippen molar-refractivity contribution in [3.63, 3.8) is 0 Å². The fourth-order valence-corrected chi connectivity index (χ4v) is 4.77. The Morgan fingerprint density at radius 2 is 1.73 bits per heavy atom. The summed E-state index contributed by atoms with van der Waals surface area (Å²) in [5.41, 5.74) is 3.44. The first-order valence-electron chi connectivity index (χ1n) is 11.7. The first kappa shape index (κ1) is 26.2. The van der Waals surface area contributed by atoms with Crippen LogP contribution in [0, 0.1) is 13.8 Å². The number of halogens is 1. The molecule has 192 valence electrons. The number of benzene rings is 3. The Labute approximate surface area is 224 Å². The molecular formula is C28H29BrN4O4. The van der Waals surface area contributed by atoms with Crippen molar-refractivity contribution in [3.8, 4) is 17.2 Å². The number of anilines is 1. The minimum absolute atomic E-state index is 0.271. The summed E-state index contributed by atoms with van der Waals surface area (Å²) in [6, 6.07) is 15.5. The van der Waals surface area contributed by atoms with E-state index in [0.29, 0.717) is 38.4 Å². The van der Waals surface area contributed by atoms with Gasteiger partial charge in [0.2, 0.25) is 0 Å². The van der Waals surface area contributed by atoms with E-state index in [-0.39, 0.29) is 11.6 Å². The fraction of sp³-hybridized carbons (Fsp3) is 0.250. The van der Waals surface area contributed by atoms with Gasteiger partial charge in [0.05, 0.1) is 41.3 Å². The molecule has 0 aliphatic rings. The maximum atomic E-state index is 13.9. The molecule has 4 aromatic rings. The van der Waals surface area contributed by atoms with E-state index in [1.165, 1.54) is 9.47 Å². The first-order valence-corrected chi connectivity index (χ1v) is 12.5. The van der Waals surface area contributed by atoms with Gasteiger partial charge >= 0.3 is 6.03 Å². The van der Waals surface area contributed by atoms with Gasteiger partial charge < -0.3 is 19.7 Å². The standard InChI is InChI=1S/C28H29BrN4O4/c1-16-10-9-11-17(2)25(16)31-28(35)32(4)18(3)26-30-21-13-8-7-12-20(21)27(34)33(26)22-14-19(36-5)15-23(37-6)24(22)29/h7-15,18H,1-6H3,(H,31,35). The van der Waals surface area contributed by atoms with Crippen LogP contribution in [0.4, 0.5) is 10.5 Å². The highest BCUT2D eigenvalue weighted by Gasteiger charge is 2.26. The number of carbonyl (C=O) groups excluding carboxylic acids is 1. The van der Waals surface area contributed by atoms with Crippen LogP contribution in [-0.4, -0.2) is 41.7 Å². The third-order valence-corrected chi connectivity index (χ3v) is 7.28. The summed E-state index contributed by atoms with van der Waals surface area (Å²) in [5, 5.41) is 3.46. The molecule has 1 aromatic heterocycles. The lowest BCUT2D eigenvalue weighted by Gasteiger charge is -2.28. The number of ether oxygens (including phenoxy) is 2. The van der Waals surface area contributed by atoms with Crippen molar-refractivity contribution >= 4 is 38.6 Å². The van der Waals surface area contributed by atoms with Crippen LogP contribution in [0.2, 0.25) is 0 Å². The SMILES string of the molecule is COc1cc(OC)c(Br)c(-n2c(C(C)N(C)C(=O)Nc3c(C)cccc3C)nc3ccccc3c2=O)c1. The van der Waals surface area contributed by atoms with E-state index < -0.39 is 6.04 Å². The predicted octanol–water partition coefficient (Wildman–Crippen LogP) is 6.01. The zero-order valence-electron chi connectivity index (χ0n) is 21.6. The highest BCUT2D eigenvalue weighted by Crippen LogP contribution is 2.37. The molecule has 2 amide bonds. The van der Waals surface area contributed by atoms with Gasteiger partial charge in [-0.1, -0.05) is 30.3 Å². The molecule has 4 rings (SSSR count). The first-order chi connectivity index (χ1) is 17.7. The predicted molar refractivity (Wildman–Crippen MR) is 149 cm³/mol. The topological polar surface area (TPSA) is 85.7 Å². The Bertz CT molecular complexity index is 1530. The second kappa shape index (κ2) is 10.6. The number of rotatable bonds is 6. The Balaban J connectivity index is 1.88. The second-order valence-electron chi connectivity index (χ2n) is 8.77. The number of para-hydroxylation sites is 2. The zero-order chi connectivity index (χ0) is 26.9. The highest BCUT2D eigenvalue weighted by molar-refractivity contribution is 9.10. The Kier molecular flexibility index (Phi) is 7.54. The molecule has 8 nitrogen and oxygen atoms in total. The van der Waals surface area contributed by atoms with Gasteiger partial charge in [0.25, 0.3) is 5.56 Å². The highest BCUT2D eigenvalue weighted by atomic mass is 79.9. The van der Waals surface area contributed by atoms with Gasteiger partial charge in [-0.3, -0.25) is 9.36 Å². The Hall–Kier alpha value is -3.85. The molecule has 1 unspecified atom stereocenters. The average Bonchev–Trinajstić information content (AvgIpc) is 2.90. The zero-order valence-corrected chi connectivity index (χ0v) is 23.2. The summed E-state index contributed by atoms with van der Waals surface area (Å²) in [5.74, 6) is 1.39. The number of aryl methyl sites for hydroxylation is 2. The minimum Gasteiger partial charge on any atom is -0.497 e. The van der Waals surface area contributed by atoms with Crippen molar-refractivity contribution in [1.82, 2.24) is 14.5 Å². The molecule has 0 bridgehead atoms. The van der Waals surface area contributed by atoms with Crippen molar-refractivity contribution in [1.29, 1.82) is 0 Å². The summed E-state index contributed by atoms with van der Waals surface area (Å²) in [6.07, 6.45) is 0. The minimum atomic E-state index is -0.578. The summed E-state index contributed by atoms with van der Waals surface area (Å²) < 4.78 is 13.0. The molecule has 0 aliphatic heterocycles. The van der Waals surface area contributed by atoms with E-state index in [4.69, 9.17) is 14.5 Å². The third-order valence-electron chi connectivity index (χ3n) is 6.48. The number of fused-ring (bicyclic) bond motifs is 1. The van der Waals surface area contributed by atoms with E-state index in [2.05, 4.69) is 21.2 Å². The van der Waals surface area contributed by atoms with Crippen LogP contribution >= 0.6 is 15.9 Å². The number of nitrogens with one attached hydrogen (secondary N) is 1. The van der Waals surface area contributed by atoms with E-state index >= 15 is 0 Å². The number of hydrogen-bond donors (Lipinski definition) is 1. The lowest BCUT2D eigenvalue weighted by atomic mass is 10.1. The smallest absolute Gasteiger partial charge is 0.322 e. The quantitative estimate of drug-likeness (QED) is 0.310. The molecule has 1 heterocycles. The summed E-state index contributed by atoms with van der Waals surface area (Å²) >= 11 is 3.59. The number of methoxy groups -OCH3 is 2. The van der Waals surface area contributed by atoms with Gasteiger partial charge in [0.1, 0.15) is 17.3 Å². The van der Waals surface area contributed by atoms with Gasteiger partial charge in [-0.2, -0.15) is 0 Å². The molecule has 0 saturated carbocycles.